The highest BCUT2D eigenvalue weighted by Gasteiger charge is 2.32. The summed E-state index contributed by atoms with van der Waals surface area (Å²) in [5.41, 5.74) is 1.19. The summed E-state index contributed by atoms with van der Waals surface area (Å²) in [4.78, 5) is 13.8. The summed E-state index contributed by atoms with van der Waals surface area (Å²) in [6.45, 7) is 5.62. The van der Waals surface area contributed by atoms with Gasteiger partial charge in [-0.3, -0.25) is 4.90 Å². The molecule has 21 heavy (non-hydrogen) atoms. The normalized spacial score (nSPS) is 24.7. The van der Waals surface area contributed by atoms with Crippen molar-refractivity contribution in [3.63, 3.8) is 0 Å². The molecular formula is C16H26N4O. The number of hydrogen-bond acceptors (Lipinski definition) is 5. The van der Waals surface area contributed by atoms with Gasteiger partial charge in [-0.25, -0.2) is 9.97 Å². The summed E-state index contributed by atoms with van der Waals surface area (Å²) in [7, 11) is 0. The molecule has 0 aliphatic carbocycles. The maximum atomic E-state index is 9.47. The molecule has 0 saturated carbocycles. The second kappa shape index (κ2) is 6.71. The fourth-order valence-electron chi connectivity index (χ4n) is 3.63. The van der Waals surface area contributed by atoms with Crippen molar-refractivity contribution in [1.82, 2.24) is 14.9 Å². The third kappa shape index (κ3) is 3.19. The van der Waals surface area contributed by atoms with Crippen molar-refractivity contribution in [2.45, 2.75) is 51.1 Å². The number of rotatable bonds is 4. The predicted octanol–water partition coefficient (Wildman–Crippen LogP) is 1.46. The zero-order valence-corrected chi connectivity index (χ0v) is 12.9. The lowest BCUT2D eigenvalue weighted by molar-refractivity contribution is 0.105. The molecule has 1 aromatic heterocycles. The number of aliphatic hydroxyl groups is 1. The van der Waals surface area contributed by atoms with Crippen molar-refractivity contribution in [2.75, 3.05) is 31.1 Å². The Balaban J connectivity index is 1.57. The van der Waals surface area contributed by atoms with E-state index in [-0.39, 0.29) is 0 Å². The largest absolute Gasteiger partial charge is 0.395 e. The van der Waals surface area contributed by atoms with Crippen LogP contribution in [-0.2, 0) is 6.42 Å². The molecule has 2 aliphatic heterocycles. The number of likely N-dealkylation sites (tertiary alicyclic amines) is 1. The van der Waals surface area contributed by atoms with Crippen LogP contribution in [0.4, 0.5) is 5.95 Å². The van der Waals surface area contributed by atoms with E-state index in [1.54, 1.807) is 0 Å². The Morgan fingerprint density at radius 3 is 2.48 bits per heavy atom. The van der Waals surface area contributed by atoms with Crippen LogP contribution in [0.15, 0.2) is 12.4 Å². The van der Waals surface area contributed by atoms with Gasteiger partial charge in [0.1, 0.15) is 0 Å². The third-order valence-electron chi connectivity index (χ3n) is 4.95. The highest BCUT2D eigenvalue weighted by atomic mass is 16.3. The van der Waals surface area contributed by atoms with Gasteiger partial charge in [0.25, 0.3) is 0 Å². The Hall–Kier alpha value is -1.20. The van der Waals surface area contributed by atoms with E-state index < -0.39 is 0 Å². The number of aliphatic hydroxyl groups excluding tert-OH is 1. The van der Waals surface area contributed by atoms with Crippen LogP contribution < -0.4 is 4.90 Å². The molecule has 1 N–H and O–H groups in total. The van der Waals surface area contributed by atoms with Gasteiger partial charge in [-0.2, -0.15) is 0 Å². The van der Waals surface area contributed by atoms with Crippen LogP contribution in [0.3, 0.4) is 0 Å². The highest BCUT2D eigenvalue weighted by Crippen LogP contribution is 2.26. The Labute approximate surface area is 127 Å². The van der Waals surface area contributed by atoms with E-state index in [9.17, 15) is 5.11 Å². The van der Waals surface area contributed by atoms with Crippen molar-refractivity contribution in [3.8, 4) is 0 Å². The first kappa shape index (κ1) is 14.7. The maximum Gasteiger partial charge on any atom is 0.225 e. The fourth-order valence-corrected chi connectivity index (χ4v) is 3.63. The molecule has 2 saturated heterocycles. The second-order valence-electron chi connectivity index (χ2n) is 6.18. The standard InChI is InChI=1S/C16H26N4O/c1-2-13-10-17-16(18-11-13)19-8-5-14(6-9-19)20-7-3-4-15(20)12-21/h10-11,14-15,21H,2-9,12H2,1H3. The summed E-state index contributed by atoms with van der Waals surface area (Å²) < 4.78 is 0. The van der Waals surface area contributed by atoms with E-state index in [1.807, 2.05) is 12.4 Å². The molecule has 0 radical (unpaired) electrons. The van der Waals surface area contributed by atoms with Gasteiger partial charge in [-0.05, 0) is 44.2 Å². The first-order valence-electron chi connectivity index (χ1n) is 8.24. The van der Waals surface area contributed by atoms with Crippen LogP contribution >= 0.6 is 0 Å². The van der Waals surface area contributed by atoms with Gasteiger partial charge in [0.2, 0.25) is 5.95 Å². The lowest BCUT2D eigenvalue weighted by Crippen LogP contribution is -2.48. The molecule has 0 spiro atoms. The van der Waals surface area contributed by atoms with Crippen LogP contribution in [0.5, 0.6) is 0 Å². The molecular weight excluding hydrogens is 264 g/mol. The average Bonchev–Trinajstić information content (AvgIpc) is 3.04. The minimum atomic E-state index is 0.307. The van der Waals surface area contributed by atoms with Crippen molar-refractivity contribution in [3.05, 3.63) is 18.0 Å². The van der Waals surface area contributed by atoms with E-state index in [2.05, 4.69) is 26.7 Å². The number of aromatic nitrogens is 2. The molecule has 1 aromatic rings. The number of nitrogens with zero attached hydrogens (tertiary/aromatic N) is 4. The van der Waals surface area contributed by atoms with Crippen molar-refractivity contribution in [1.29, 1.82) is 0 Å². The predicted molar refractivity (Wildman–Crippen MR) is 83.5 cm³/mol. The van der Waals surface area contributed by atoms with Gasteiger partial charge in [-0.1, -0.05) is 6.92 Å². The van der Waals surface area contributed by atoms with Crippen LogP contribution in [0, 0.1) is 0 Å². The topological polar surface area (TPSA) is 52.5 Å². The number of aryl methyl sites for hydroxylation is 1. The molecule has 5 nitrogen and oxygen atoms in total. The Kier molecular flexibility index (Phi) is 4.70. The quantitative estimate of drug-likeness (QED) is 0.910. The molecule has 2 aliphatic rings. The van der Waals surface area contributed by atoms with Crippen LogP contribution in [0.2, 0.25) is 0 Å². The third-order valence-corrected chi connectivity index (χ3v) is 4.95. The molecule has 3 rings (SSSR count). The first-order chi connectivity index (χ1) is 10.3. The van der Waals surface area contributed by atoms with Crippen molar-refractivity contribution < 1.29 is 5.11 Å². The van der Waals surface area contributed by atoms with E-state index in [1.165, 1.54) is 12.0 Å². The summed E-state index contributed by atoms with van der Waals surface area (Å²) in [6.07, 6.45) is 9.54. The summed E-state index contributed by atoms with van der Waals surface area (Å²) in [6, 6.07) is 1.01. The highest BCUT2D eigenvalue weighted by molar-refractivity contribution is 5.30. The van der Waals surface area contributed by atoms with E-state index in [0.29, 0.717) is 18.7 Å². The zero-order chi connectivity index (χ0) is 14.7. The number of piperidine rings is 1. The van der Waals surface area contributed by atoms with Gasteiger partial charge in [0, 0.05) is 37.6 Å². The average molecular weight is 290 g/mol. The SMILES string of the molecule is CCc1cnc(N2CCC(N3CCCC3CO)CC2)nc1. The molecule has 0 aromatic carbocycles. The first-order valence-corrected chi connectivity index (χ1v) is 8.24. The van der Waals surface area contributed by atoms with Crippen LogP contribution in [0.1, 0.15) is 38.2 Å². The molecule has 0 amide bonds. The van der Waals surface area contributed by atoms with Gasteiger partial charge in [0.15, 0.2) is 0 Å². The Bertz CT molecular complexity index is 442. The zero-order valence-electron chi connectivity index (χ0n) is 12.9. The molecule has 5 heteroatoms. The summed E-state index contributed by atoms with van der Waals surface area (Å²) in [5, 5.41) is 9.47. The number of hydrogen-bond donors (Lipinski definition) is 1. The Morgan fingerprint density at radius 2 is 1.86 bits per heavy atom. The molecule has 1 unspecified atom stereocenters. The fraction of sp³-hybridized carbons (Fsp3) is 0.750. The monoisotopic (exact) mass is 290 g/mol. The smallest absolute Gasteiger partial charge is 0.225 e. The van der Waals surface area contributed by atoms with E-state index in [4.69, 9.17) is 0 Å². The Morgan fingerprint density at radius 1 is 1.14 bits per heavy atom. The molecule has 2 fully saturated rings. The van der Waals surface area contributed by atoms with Crippen LogP contribution in [-0.4, -0.2) is 58.3 Å². The molecule has 1 atom stereocenters. The summed E-state index contributed by atoms with van der Waals surface area (Å²) >= 11 is 0. The summed E-state index contributed by atoms with van der Waals surface area (Å²) in [5.74, 6) is 0.866. The number of anilines is 1. The van der Waals surface area contributed by atoms with E-state index in [0.717, 1.165) is 51.3 Å². The van der Waals surface area contributed by atoms with Crippen molar-refractivity contribution >= 4 is 5.95 Å². The second-order valence-corrected chi connectivity index (χ2v) is 6.18. The van der Waals surface area contributed by atoms with Gasteiger partial charge < -0.3 is 10.0 Å². The van der Waals surface area contributed by atoms with Gasteiger partial charge >= 0.3 is 0 Å². The van der Waals surface area contributed by atoms with Gasteiger partial charge in [0.05, 0.1) is 6.61 Å². The minimum Gasteiger partial charge on any atom is -0.395 e. The maximum absolute atomic E-state index is 9.47. The molecule has 116 valence electrons. The van der Waals surface area contributed by atoms with Crippen LogP contribution in [0.25, 0.3) is 0 Å². The van der Waals surface area contributed by atoms with Gasteiger partial charge in [-0.15, -0.1) is 0 Å². The van der Waals surface area contributed by atoms with Crippen molar-refractivity contribution in [2.24, 2.45) is 0 Å². The minimum absolute atomic E-state index is 0.307. The lowest BCUT2D eigenvalue weighted by atomic mass is 10.0. The molecule has 3 heterocycles. The molecule has 0 bridgehead atoms. The lowest BCUT2D eigenvalue weighted by Gasteiger charge is -2.39. The van der Waals surface area contributed by atoms with E-state index >= 15 is 0 Å².